The summed E-state index contributed by atoms with van der Waals surface area (Å²) in [5.41, 5.74) is 8.93. The summed E-state index contributed by atoms with van der Waals surface area (Å²) in [4.78, 5) is 12.5. The summed E-state index contributed by atoms with van der Waals surface area (Å²) < 4.78 is 39.9. The lowest BCUT2D eigenvalue weighted by Crippen LogP contribution is -2.24. The van der Waals surface area contributed by atoms with E-state index in [1.807, 2.05) is 35.8 Å². The number of hydrogen-bond acceptors (Lipinski definition) is 12. The molecule has 1 saturated heterocycles. The molecule has 0 radical (unpaired) electrons. The minimum absolute atomic E-state index is 0.0462. The molecule has 1 aliphatic rings. The molecular weight excluding hydrogens is 585 g/mol. The maximum atomic E-state index is 14.3. The van der Waals surface area contributed by atoms with Crippen LogP contribution in [0.2, 0.25) is 0 Å². The minimum atomic E-state index is -3.83. The Balaban J connectivity index is 1.32. The second-order valence-corrected chi connectivity index (χ2v) is 14.0. The third-order valence-corrected chi connectivity index (χ3v) is 10.9. The minimum Gasteiger partial charge on any atom is -0.493 e. The number of aliphatic hydroxyl groups is 1. The van der Waals surface area contributed by atoms with Gasteiger partial charge in [0.05, 0.1) is 38.8 Å². The maximum absolute atomic E-state index is 14.3. The van der Waals surface area contributed by atoms with E-state index in [0.717, 1.165) is 11.1 Å². The van der Waals surface area contributed by atoms with Crippen molar-refractivity contribution < 1.29 is 28.2 Å². The van der Waals surface area contributed by atoms with E-state index in [0.29, 0.717) is 47.2 Å². The number of ether oxygens (including phenoxy) is 2. The lowest BCUT2D eigenvalue weighted by molar-refractivity contribution is 0.0671. The van der Waals surface area contributed by atoms with E-state index in [1.54, 1.807) is 52.2 Å². The van der Waals surface area contributed by atoms with Gasteiger partial charge in [0, 0.05) is 11.0 Å². The monoisotopic (exact) mass is 617 g/mol. The second-order valence-electron chi connectivity index (χ2n) is 9.48. The Morgan fingerprint density at radius 3 is 2.73 bits per heavy atom. The predicted molar refractivity (Wildman–Crippen MR) is 161 cm³/mol. The van der Waals surface area contributed by atoms with E-state index in [4.69, 9.17) is 24.3 Å². The van der Waals surface area contributed by atoms with E-state index in [2.05, 4.69) is 15.0 Å². The van der Waals surface area contributed by atoms with E-state index in [-0.39, 0.29) is 30.4 Å². The van der Waals surface area contributed by atoms with E-state index >= 15 is 0 Å². The Kier molecular flexibility index (Phi) is 9.74. The van der Waals surface area contributed by atoms with Gasteiger partial charge in [0.2, 0.25) is 0 Å². The molecular formula is C27H32N5O6PS2. The molecule has 0 aliphatic carbocycles. The van der Waals surface area contributed by atoms with Gasteiger partial charge < -0.3 is 29.4 Å². The first kappa shape index (κ1) is 29.7. The number of para-hydroxylation sites is 2. The zero-order valence-electron chi connectivity index (χ0n) is 22.7. The number of nitrogens with zero attached hydrogens (tertiary/aromatic N) is 4. The van der Waals surface area contributed by atoms with Gasteiger partial charge in [-0.05, 0) is 36.6 Å². The van der Waals surface area contributed by atoms with Crippen molar-refractivity contribution in [2.75, 3.05) is 24.9 Å². The van der Waals surface area contributed by atoms with E-state index in [9.17, 15) is 9.67 Å². The molecule has 0 amide bonds. The second kappa shape index (κ2) is 13.5. The van der Waals surface area contributed by atoms with Gasteiger partial charge in [-0.15, -0.1) is 0 Å². The van der Waals surface area contributed by atoms with Crippen LogP contribution >= 0.6 is 29.2 Å². The van der Waals surface area contributed by atoms with Crippen LogP contribution in [0, 0.1) is 0 Å². The smallest absolute Gasteiger partial charge is 0.405 e. The first-order valence-electron chi connectivity index (χ1n) is 13.0. The number of aliphatic hydroxyl groups excluding tert-OH is 1. The van der Waals surface area contributed by atoms with Crippen LogP contribution in [0.15, 0.2) is 61.2 Å². The van der Waals surface area contributed by atoms with Crippen LogP contribution in [0.3, 0.4) is 0 Å². The van der Waals surface area contributed by atoms with Crippen molar-refractivity contribution in [3.8, 4) is 11.5 Å². The number of benzene rings is 2. The van der Waals surface area contributed by atoms with Crippen molar-refractivity contribution in [3.63, 3.8) is 0 Å². The zero-order chi connectivity index (χ0) is 28.8. The quantitative estimate of drug-likeness (QED) is 0.154. The van der Waals surface area contributed by atoms with E-state index < -0.39 is 7.60 Å². The van der Waals surface area contributed by atoms with Gasteiger partial charge in [0.15, 0.2) is 29.3 Å². The van der Waals surface area contributed by atoms with Gasteiger partial charge in [-0.1, -0.05) is 58.0 Å². The molecule has 3 N–H and O–H groups in total. The number of imidazole rings is 1. The Morgan fingerprint density at radius 2 is 1.93 bits per heavy atom. The Bertz CT molecular complexity index is 1520. The van der Waals surface area contributed by atoms with Crippen LogP contribution in [0.5, 0.6) is 11.5 Å². The third kappa shape index (κ3) is 7.17. The van der Waals surface area contributed by atoms with Crippen LogP contribution in [0.25, 0.3) is 11.2 Å². The number of aromatic nitrogens is 4. The normalized spacial score (nSPS) is 19.5. The lowest BCUT2D eigenvalue weighted by atomic mass is 10.0. The highest BCUT2D eigenvalue weighted by Gasteiger charge is 2.36. The predicted octanol–water partition coefficient (Wildman–Crippen LogP) is 5.46. The topological polar surface area (TPSA) is 144 Å². The van der Waals surface area contributed by atoms with Crippen LogP contribution in [-0.2, 0) is 27.0 Å². The molecule has 2 aromatic heterocycles. The molecule has 0 spiro atoms. The summed E-state index contributed by atoms with van der Waals surface area (Å²) in [6.07, 6.45) is 2.58. The Hall–Kier alpha value is -2.80. The van der Waals surface area contributed by atoms with Gasteiger partial charge in [0.1, 0.15) is 11.8 Å². The maximum Gasteiger partial charge on any atom is 0.405 e. The summed E-state index contributed by atoms with van der Waals surface area (Å²) in [6.45, 7) is 2.20. The Morgan fingerprint density at radius 1 is 1.15 bits per heavy atom. The van der Waals surface area contributed by atoms with Crippen LogP contribution in [0.4, 0.5) is 5.82 Å². The van der Waals surface area contributed by atoms with Gasteiger partial charge in [-0.2, -0.15) is 0 Å². The number of methoxy groups -OCH3 is 1. The molecule has 1 aliphatic heterocycles. The molecule has 5 rings (SSSR count). The van der Waals surface area contributed by atoms with Gasteiger partial charge in [0.25, 0.3) is 0 Å². The summed E-state index contributed by atoms with van der Waals surface area (Å²) in [5.74, 6) is 1.67. The van der Waals surface area contributed by atoms with Crippen molar-refractivity contribution in [2.45, 2.75) is 44.0 Å². The lowest BCUT2D eigenvalue weighted by Gasteiger charge is -2.32. The number of nitrogen functional groups attached to an aromatic ring is 1. The zero-order valence-corrected chi connectivity index (χ0v) is 25.2. The molecule has 11 nitrogen and oxygen atoms in total. The van der Waals surface area contributed by atoms with Crippen molar-refractivity contribution in [2.24, 2.45) is 0 Å². The highest BCUT2D eigenvalue weighted by molar-refractivity contribution is 8.76. The average Bonchev–Trinajstić information content (AvgIpc) is 3.40. The summed E-state index contributed by atoms with van der Waals surface area (Å²) in [7, 11) is 1.06. The molecule has 14 heteroatoms. The summed E-state index contributed by atoms with van der Waals surface area (Å²) in [6, 6.07) is 14.8. The molecule has 4 aromatic rings. The first-order valence-corrected chi connectivity index (χ1v) is 17.1. The SMILES string of the molecule is COc1ccccc1OP(=O)(CO[C@H](C)Cn1cnc2c(N)ncnc21)OC1CSSC(c2ccccc2CO)C1. The fourth-order valence-electron chi connectivity index (χ4n) is 4.52. The molecule has 1 fully saturated rings. The molecule has 3 unspecified atom stereocenters. The van der Waals surface area contributed by atoms with E-state index in [1.165, 1.54) is 13.4 Å². The van der Waals surface area contributed by atoms with Crippen molar-refractivity contribution in [1.29, 1.82) is 0 Å². The number of anilines is 1. The molecule has 218 valence electrons. The molecule has 2 aromatic carbocycles. The first-order chi connectivity index (χ1) is 19.9. The summed E-state index contributed by atoms with van der Waals surface area (Å²) >= 11 is 0. The molecule has 0 bridgehead atoms. The highest BCUT2D eigenvalue weighted by Crippen LogP contribution is 2.55. The number of rotatable bonds is 12. The van der Waals surface area contributed by atoms with Crippen molar-refractivity contribution in [1.82, 2.24) is 19.5 Å². The molecule has 3 heterocycles. The fourth-order valence-corrected chi connectivity index (χ4v) is 9.23. The van der Waals surface area contributed by atoms with Gasteiger partial charge >= 0.3 is 7.60 Å². The van der Waals surface area contributed by atoms with Crippen LogP contribution < -0.4 is 15.0 Å². The third-order valence-electron chi connectivity index (χ3n) is 6.50. The van der Waals surface area contributed by atoms with Gasteiger partial charge in [-0.25, -0.2) is 19.5 Å². The van der Waals surface area contributed by atoms with Crippen LogP contribution in [-0.4, -0.2) is 56.0 Å². The highest BCUT2D eigenvalue weighted by atomic mass is 33.1. The standard InChI is InChI=1S/C27H32N5O6PS2/c1-18(12-32-16-31-25-26(28)29-15-30-27(25)32)36-17-39(34,38-23-10-6-5-9-22(23)35-2)37-20-11-24(41-40-14-20)21-8-4-3-7-19(21)13-33/h3-10,15-16,18,20,24,33H,11-14,17H2,1-2H3,(H2,28,29,30)/t18-,20?,24?,39?/m1/s1. The molecule has 41 heavy (non-hydrogen) atoms. The van der Waals surface area contributed by atoms with Crippen LogP contribution in [0.1, 0.15) is 29.7 Å². The summed E-state index contributed by atoms with van der Waals surface area (Å²) in [5, 5.41) is 9.90. The number of hydrogen-bond donors (Lipinski definition) is 2. The fraction of sp³-hybridized carbons (Fsp3) is 0.370. The number of nitrogens with two attached hydrogens (primary N) is 1. The largest absolute Gasteiger partial charge is 0.493 e. The Labute approximate surface area is 246 Å². The molecule has 0 saturated carbocycles. The molecule has 4 atom stereocenters. The van der Waals surface area contributed by atoms with Crippen molar-refractivity contribution >= 4 is 46.2 Å². The number of fused-ring (bicyclic) bond motifs is 1. The average molecular weight is 618 g/mol. The van der Waals surface area contributed by atoms with Crippen molar-refractivity contribution in [3.05, 3.63) is 72.3 Å². The van der Waals surface area contributed by atoms with Gasteiger partial charge in [-0.3, -0.25) is 4.52 Å².